The van der Waals surface area contributed by atoms with E-state index in [-0.39, 0.29) is 25.3 Å². The number of hydrogen-bond acceptors (Lipinski definition) is 7. The van der Waals surface area contributed by atoms with E-state index in [0.717, 1.165) is 22.0 Å². The van der Waals surface area contributed by atoms with Crippen molar-refractivity contribution in [2.45, 2.75) is 96.1 Å². The molecule has 2 heterocycles. The maximum absolute atomic E-state index is 14.2. The first-order valence-electron chi connectivity index (χ1n) is 16.6. The number of H-pyrrole nitrogens is 1. The summed E-state index contributed by atoms with van der Waals surface area (Å²) in [6.07, 6.45) is 1.24. The molecule has 7 N–H and O–H groups in total. The van der Waals surface area contributed by atoms with Crippen molar-refractivity contribution in [3.63, 3.8) is 0 Å². The third kappa shape index (κ3) is 10.3. The Bertz CT molecular complexity index is 1630. The molecule has 0 unspecified atom stereocenters. The number of primary amides is 1. The molecule has 1 saturated heterocycles. The highest BCUT2D eigenvalue weighted by Gasteiger charge is 2.43. The van der Waals surface area contributed by atoms with Crippen LogP contribution >= 0.6 is 0 Å². The molecule has 0 aliphatic carbocycles. The summed E-state index contributed by atoms with van der Waals surface area (Å²) < 4.78 is 5.49. The fourth-order valence-corrected chi connectivity index (χ4v) is 6.23. The number of alkyl carbamates (subject to hydrolysis) is 1. The summed E-state index contributed by atoms with van der Waals surface area (Å²) in [4.78, 5) is 70.0. The Morgan fingerprint density at radius 3 is 2.33 bits per heavy atom. The number of fused-ring (bicyclic) bond motifs is 1. The van der Waals surface area contributed by atoms with Crippen LogP contribution in [0, 0.1) is 5.92 Å². The zero-order chi connectivity index (χ0) is 35.9. The number of carboxylic acids is 1. The number of amides is 4. The molecule has 13 heteroatoms. The van der Waals surface area contributed by atoms with Crippen LogP contribution in [0.4, 0.5) is 4.79 Å². The van der Waals surface area contributed by atoms with Crippen molar-refractivity contribution in [1.82, 2.24) is 25.8 Å². The van der Waals surface area contributed by atoms with Gasteiger partial charge in [0, 0.05) is 48.6 Å². The molecule has 3 aromatic rings. The maximum atomic E-state index is 14.2. The van der Waals surface area contributed by atoms with Gasteiger partial charge in [0.2, 0.25) is 17.7 Å². The van der Waals surface area contributed by atoms with E-state index >= 15 is 0 Å². The van der Waals surface area contributed by atoms with Crippen molar-refractivity contribution < 1.29 is 33.8 Å². The molecule has 0 spiro atoms. The number of carboxylic acid groups (broad SMARTS) is 1. The van der Waals surface area contributed by atoms with Crippen LogP contribution in [0.1, 0.15) is 58.6 Å². The van der Waals surface area contributed by atoms with Crippen LogP contribution in [0.25, 0.3) is 10.9 Å². The second-order valence-corrected chi connectivity index (χ2v) is 14.0. The van der Waals surface area contributed by atoms with Crippen molar-refractivity contribution >= 4 is 40.7 Å². The van der Waals surface area contributed by atoms with E-state index in [0.29, 0.717) is 6.42 Å². The summed E-state index contributed by atoms with van der Waals surface area (Å²) >= 11 is 0. The molecule has 264 valence electrons. The van der Waals surface area contributed by atoms with Gasteiger partial charge in [-0.1, -0.05) is 62.4 Å². The van der Waals surface area contributed by atoms with Gasteiger partial charge in [-0.25, -0.2) is 4.79 Å². The third-order valence-corrected chi connectivity index (χ3v) is 8.39. The van der Waals surface area contributed by atoms with Gasteiger partial charge in [-0.2, -0.15) is 0 Å². The van der Waals surface area contributed by atoms with Gasteiger partial charge in [-0.3, -0.25) is 24.5 Å². The molecule has 1 fully saturated rings. The van der Waals surface area contributed by atoms with Crippen molar-refractivity contribution in [3.8, 4) is 0 Å². The number of carbonyl (C=O) groups is 5. The fourth-order valence-electron chi connectivity index (χ4n) is 6.23. The normalized spacial score (nSPS) is 18.5. The Morgan fingerprint density at radius 2 is 1.69 bits per heavy atom. The fraction of sp³-hybridized carbons (Fsp3) is 0.472. The lowest BCUT2D eigenvalue weighted by Crippen LogP contribution is -2.69. The van der Waals surface area contributed by atoms with Crippen molar-refractivity contribution in [2.24, 2.45) is 11.7 Å². The Morgan fingerprint density at radius 1 is 1.02 bits per heavy atom. The van der Waals surface area contributed by atoms with Gasteiger partial charge >= 0.3 is 12.1 Å². The Kier molecular flexibility index (Phi) is 12.0. The number of aliphatic carboxylic acids is 1. The molecular weight excluding hydrogens is 628 g/mol. The summed E-state index contributed by atoms with van der Waals surface area (Å²) in [6.45, 7) is 9.12. The summed E-state index contributed by atoms with van der Waals surface area (Å²) in [7, 11) is 0. The molecule has 4 rings (SSSR count). The van der Waals surface area contributed by atoms with E-state index in [2.05, 4.69) is 20.9 Å². The molecule has 13 nitrogen and oxygen atoms in total. The number of nitrogens with zero attached hydrogens (tertiary/aromatic N) is 1. The number of rotatable bonds is 14. The lowest BCUT2D eigenvalue weighted by atomic mass is 9.91. The van der Waals surface area contributed by atoms with Gasteiger partial charge in [0.25, 0.3) is 0 Å². The zero-order valence-electron chi connectivity index (χ0n) is 28.7. The minimum Gasteiger partial charge on any atom is -0.481 e. The number of carbonyl (C=O) groups excluding carboxylic acids is 4. The number of aromatic amines is 1. The summed E-state index contributed by atoms with van der Waals surface area (Å²) in [6, 6.07) is 12.2. The van der Waals surface area contributed by atoms with Crippen molar-refractivity contribution in [2.75, 3.05) is 6.54 Å². The Hall–Kier alpha value is -4.91. The summed E-state index contributed by atoms with van der Waals surface area (Å²) in [5.41, 5.74) is 7.52. The molecule has 49 heavy (non-hydrogen) atoms. The highest BCUT2D eigenvalue weighted by Crippen LogP contribution is 2.23. The van der Waals surface area contributed by atoms with Gasteiger partial charge < -0.3 is 36.1 Å². The van der Waals surface area contributed by atoms with E-state index in [4.69, 9.17) is 10.5 Å². The van der Waals surface area contributed by atoms with Crippen LogP contribution < -0.4 is 21.7 Å². The number of nitrogens with one attached hydrogen (secondary N) is 4. The zero-order valence-corrected chi connectivity index (χ0v) is 28.7. The predicted octanol–water partition coefficient (Wildman–Crippen LogP) is 2.87. The molecule has 0 radical (unpaired) electrons. The summed E-state index contributed by atoms with van der Waals surface area (Å²) in [5.74, 6) is -2.90. The third-order valence-electron chi connectivity index (χ3n) is 8.39. The van der Waals surface area contributed by atoms with Gasteiger partial charge in [0.1, 0.15) is 17.7 Å². The van der Waals surface area contributed by atoms with Crippen LogP contribution in [0.5, 0.6) is 0 Å². The number of para-hydroxylation sites is 1. The largest absolute Gasteiger partial charge is 0.481 e. The minimum atomic E-state index is -1.20. The van der Waals surface area contributed by atoms with Crippen LogP contribution in [0.15, 0.2) is 60.8 Å². The van der Waals surface area contributed by atoms with Crippen molar-refractivity contribution in [3.05, 3.63) is 71.9 Å². The number of nitrogens with two attached hydrogens (primary N) is 1. The molecule has 4 amide bonds. The number of hydrogen-bond donors (Lipinski definition) is 6. The number of benzene rings is 2. The monoisotopic (exact) mass is 676 g/mol. The first-order chi connectivity index (χ1) is 23.1. The molecular formula is C36H48N6O7. The SMILES string of the molecule is CC(C)C[C@H](NC(=O)[C@H](Cc1c[nH]c2ccccc12)NC(=O)OC(C)(C)C)[C@H]1CN([C@@H](Cc2ccccc2)C(N)=O)C(=O)[C@H](CC(=O)O)N1. The van der Waals surface area contributed by atoms with E-state index in [1.807, 2.05) is 68.4 Å². The molecule has 2 aromatic carbocycles. The topological polar surface area (TPSA) is 196 Å². The quantitative estimate of drug-likeness (QED) is 0.150. The maximum Gasteiger partial charge on any atom is 0.408 e. The second kappa shape index (κ2) is 16.0. The van der Waals surface area contributed by atoms with E-state index in [1.54, 1.807) is 27.0 Å². The average Bonchev–Trinajstić information content (AvgIpc) is 3.42. The number of ether oxygens (including phenoxy) is 1. The van der Waals surface area contributed by atoms with Gasteiger partial charge in [0.15, 0.2) is 0 Å². The predicted molar refractivity (Wildman–Crippen MR) is 184 cm³/mol. The Labute approximate surface area is 286 Å². The second-order valence-electron chi connectivity index (χ2n) is 14.0. The standard InChI is InChI=1S/C36H48N6O7/c1-21(2)15-26(29-20-42(34(47)28(39-29)18-31(43)44)30(32(37)45)16-22-11-7-6-8-12-22)40-33(46)27(41-35(48)49-36(3,4)5)17-23-19-38-25-14-10-9-13-24(23)25/h6-14,19,21,26-30,38-39H,15-18,20H2,1-5H3,(H2,37,45)(H,40,46)(H,41,48)(H,43,44)/t26-,27-,28-,29+,30-/m0/s1. The molecule has 5 atom stereocenters. The summed E-state index contributed by atoms with van der Waals surface area (Å²) in [5, 5.41) is 19.6. The molecule has 1 aliphatic rings. The number of aromatic nitrogens is 1. The molecule has 0 bridgehead atoms. The van der Waals surface area contributed by atoms with Gasteiger partial charge in [0.05, 0.1) is 12.5 Å². The van der Waals surface area contributed by atoms with Crippen LogP contribution in [-0.4, -0.2) is 87.1 Å². The van der Waals surface area contributed by atoms with Crippen molar-refractivity contribution in [1.29, 1.82) is 0 Å². The van der Waals surface area contributed by atoms with Crippen LogP contribution in [0.2, 0.25) is 0 Å². The lowest BCUT2D eigenvalue weighted by molar-refractivity contribution is -0.149. The molecule has 1 aliphatic heterocycles. The minimum absolute atomic E-state index is 0.0142. The Balaban J connectivity index is 1.65. The first-order valence-corrected chi connectivity index (χ1v) is 16.6. The number of piperazine rings is 1. The smallest absolute Gasteiger partial charge is 0.408 e. The lowest BCUT2D eigenvalue weighted by Gasteiger charge is -2.44. The first kappa shape index (κ1) is 36.9. The van der Waals surface area contributed by atoms with Crippen LogP contribution in [-0.2, 0) is 36.8 Å². The average molecular weight is 677 g/mol. The van der Waals surface area contributed by atoms with E-state index in [1.165, 1.54) is 4.90 Å². The highest BCUT2D eigenvalue weighted by atomic mass is 16.6. The highest BCUT2D eigenvalue weighted by molar-refractivity contribution is 5.92. The van der Waals surface area contributed by atoms with Gasteiger partial charge in [-0.15, -0.1) is 0 Å². The van der Waals surface area contributed by atoms with Gasteiger partial charge in [-0.05, 0) is 50.3 Å². The van der Waals surface area contributed by atoms with E-state index in [9.17, 15) is 29.1 Å². The molecule has 1 aromatic heterocycles. The van der Waals surface area contributed by atoms with E-state index < -0.39 is 72.0 Å². The molecule has 0 saturated carbocycles. The van der Waals surface area contributed by atoms with Crippen LogP contribution in [0.3, 0.4) is 0 Å².